The van der Waals surface area contributed by atoms with Gasteiger partial charge in [0, 0.05) is 19.7 Å². The third-order valence-corrected chi connectivity index (χ3v) is 3.67. The summed E-state index contributed by atoms with van der Waals surface area (Å²) >= 11 is 0. The maximum Gasteiger partial charge on any atom is 0.325 e. The second kappa shape index (κ2) is 6.69. The summed E-state index contributed by atoms with van der Waals surface area (Å²) in [6.45, 7) is 5.93. The van der Waals surface area contributed by atoms with Crippen molar-refractivity contribution in [2.45, 2.75) is 39.2 Å². The van der Waals surface area contributed by atoms with Crippen molar-refractivity contribution >= 4 is 17.8 Å². The number of nitrogens with one attached hydrogen (secondary N) is 1. The molecule has 7 heteroatoms. The highest BCUT2D eigenvalue weighted by molar-refractivity contribution is 6.08. The van der Waals surface area contributed by atoms with E-state index in [4.69, 9.17) is 5.11 Å². The maximum absolute atomic E-state index is 12.2. The molecule has 1 rings (SSSR count). The number of carbonyl (C=O) groups is 3. The SMILES string of the molecule is CCN(CCCO)C(=O)CN1C(=O)NC(C)(CC)C1=O. The Kier molecular flexibility index (Phi) is 5.50. The normalized spacial score (nSPS) is 22.1. The van der Waals surface area contributed by atoms with E-state index in [-0.39, 0.29) is 25.0 Å². The highest BCUT2D eigenvalue weighted by atomic mass is 16.3. The summed E-state index contributed by atoms with van der Waals surface area (Å²) in [4.78, 5) is 38.6. The van der Waals surface area contributed by atoms with Crippen molar-refractivity contribution in [3.63, 3.8) is 0 Å². The molecule has 1 aliphatic heterocycles. The lowest BCUT2D eigenvalue weighted by molar-refractivity contribution is -0.138. The minimum atomic E-state index is -0.917. The van der Waals surface area contributed by atoms with Crippen molar-refractivity contribution in [3.05, 3.63) is 0 Å². The minimum Gasteiger partial charge on any atom is -0.396 e. The van der Waals surface area contributed by atoms with Crippen LogP contribution in [0.25, 0.3) is 0 Å². The lowest BCUT2D eigenvalue weighted by atomic mass is 9.99. The van der Waals surface area contributed by atoms with Crippen LogP contribution >= 0.6 is 0 Å². The van der Waals surface area contributed by atoms with Crippen molar-refractivity contribution < 1.29 is 19.5 Å². The van der Waals surface area contributed by atoms with Crippen LogP contribution in [0.4, 0.5) is 4.79 Å². The summed E-state index contributed by atoms with van der Waals surface area (Å²) < 4.78 is 0. The number of urea groups is 1. The molecule has 1 atom stereocenters. The van der Waals surface area contributed by atoms with Crippen LogP contribution in [0.2, 0.25) is 0 Å². The lowest BCUT2D eigenvalue weighted by Gasteiger charge is -2.23. The Bertz CT molecular complexity index is 399. The van der Waals surface area contributed by atoms with Gasteiger partial charge in [-0.2, -0.15) is 0 Å². The molecule has 1 unspecified atom stereocenters. The van der Waals surface area contributed by atoms with Gasteiger partial charge in [-0.05, 0) is 26.7 Å². The van der Waals surface area contributed by atoms with Gasteiger partial charge < -0.3 is 15.3 Å². The molecule has 1 saturated heterocycles. The third-order valence-electron chi connectivity index (χ3n) is 3.67. The molecule has 0 aliphatic carbocycles. The zero-order chi connectivity index (χ0) is 15.3. The second-order valence-electron chi connectivity index (χ2n) is 5.06. The summed E-state index contributed by atoms with van der Waals surface area (Å²) in [7, 11) is 0. The molecule has 0 aromatic rings. The molecule has 0 radical (unpaired) electrons. The Hall–Kier alpha value is -1.63. The molecule has 1 heterocycles. The Morgan fingerprint density at radius 3 is 2.50 bits per heavy atom. The number of rotatable bonds is 7. The second-order valence-corrected chi connectivity index (χ2v) is 5.06. The van der Waals surface area contributed by atoms with Crippen LogP contribution in [0, 0.1) is 0 Å². The molecule has 114 valence electrons. The highest BCUT2D eigenvalue weighted by Gasteiger charge is 2.47. The Labute approximate surface area is 118 Å². The first-order chi connectivity index (χ1) is 9.39. The van der Waals surface area contributed by atoms with E-state index in [9.17, 15) is 14.4 Å². The Balaban J connectivity index is 2.70. The predicted octanol–water partition coefficient (Wildman–Crippen LogP) is -0.0622. The molecule has 0 saturated carbocycles. The zero-order valence-corrected chi connectivity index (χ0v) is 12.3. The molecule has 1 aliphatic rings. The molecule has 0 spiro atoms. The molecule has 20 heavy (non-hydrogen) atoms. The number of nitrogens with zero attached hydrogens (tertiary/aromatic N) is 2. The average Bonchev–Trinajstić information content (AvgIpc) is 2.64. The summed E-state index contributed by atoms with van der Waals surface area (Å²) in [5.74, 6) is -0.652. The Morgan fingerprint density at radius 2 is 2.05 bits per heavy atom. The van der Waals surface area contributed by atoms with E-state index in [0.717, 1.165) is 4.90 Å². The van der Waals surface area contributed by atoms with Gasteiger partial charge in [-0.1, -0.05) is 6.92 Å². The number of hydrogen-bond donors (Lipinski definition) is 2. The molecule has 2 N–H and O–H groups in total. The lowest BCUT2D eigenvalue weighted by Crippen LogP contribution is -2.45. The fourth-order valence-corrected chi connectivity index (χ4v) is 2.09. The number of likely N-dealkylation sites (N-methyl/N-ethyl adjacent to an activating group) is 1. The van der Waals surface area contributed by atoms with E-state index in [0.29, 0.717) is 25.9 Å². The highest BCUT2D eigenvalue weighted by Crippen LogP contribution is 2.20. The van der Waals surface area contributed by atoms with Gasteiger partial charge >= 0.3 is 6.03 Å². The quantitative estimate of drug-likeness (QED) is 0.641. The largest absolute Gasteiger partial charge is 0.396 e. The van der Waals surface area contributed by atoms with Crippen molar-refractivity contribution in [3.8, 4) is 0 Å². The van der Waals surface area contributed by atoms with Crippen molar-refractivity contribution in [1.29, 1.82) is 0 Å². The molecule has 1 fully saturated rings. The number of carbonyl (C=O) groups excluding carboxylic acids is 3. The molecule has 0 bridgehead atoms. The van der Waals surface area contributed by atoms with Gasteiger partial charge in [0.05, 0.1) is 0 Å². The van der Waals surface area contributed by atoms with Gasteiger partial charge in [-0.25, -0.2) is 4.79 Å². The summed E-state index contributed by atoms with van der Waals surface area (Å²) in [6.07, 6.45) is 0.955. The number of aliphatic hydroxyl groups is 1. The number of aliphatic hydroxyl groups excluding tert-OH is 1. The van der Waals surface area contributed by atoms with Gasteiger partial charge in [0.1, 0.15) is 12.1 Å². The molecular formula is C13H23N3O4. The summed E-state index contributed by atoms with van der Waals surface area (Å²) in [5, 5.41) is 11.4. The van der Waals surface area contributed by atoms with E-state index in [1.165, 1.54) is 4.90 Å². The van der Waals surface area contributed by atoms with Crippen molar-refractivity contribution in [2.75, 3.05) is 26.2 Å². The van der Waals surface area contributed by atoms with Gasteiger partial charge in [0.15, 0.2) is 0 Å². The first-order valence-electron chi connectivity index (χ1n) is 6.92. The molecule has 7 nitrogen and oxygen atoms in total. The minimum absolute atomic E-state index is 0.000810. The van der Waals surface area contributed by atoms with Crippen LogP contribution in [-0.2, 0) is 9.59 Å². The summed E-state index contributed by atoms with van der Waals surface area (Å²) in [6, 6.07) is -0.522. The van der Waals surface area contributed by atoms with Crippen LogP contribution in [0.15, 0.2) is 0 Å². The first-order valence-corrected chi connectivity index (χ1v) is 6.92. The first kappa shape index (κ1) is 16.4. The van der Waals surface area contributed by atoms with Crippen LogP contribution in [-0.4, -0.2) is 64.5 Å². The van der Waals surface area contributed by atoms with Gasteiger partial charge in [0.2, 0.25) is 5.91 Å². The molecule has 0 aromatic carbocycles. The van der Waals surface area contributed by atoms with E-state index in [2.05, 4.69) is 5.32 Å². The molecular weight excluding hydrogens is 262 g/mol. The van der Waals surface area contributed by atoms with E-state index in [1.807, 2.05) is 13.8 Å². The fraction of sp³-hybridized carbons (Fsp3) is 0.769. The van der Waals surface area contributed by atoms with Crippen LogP contribution in [0.3, 0.4) is 0 Å². The number of amides is 4. The van der Waals surface area contributed by atoms with Crippen LogP contribution in [0.5, 0.6) is 0 Å². The van der Waals surface area contributed by atoms with Gasteiger partial charge in [-0.3, -0.25) is 14.5 Å². The number of imide groups is 1. The zero-order valence-electron chi connectivity index (χ0n) is 12.3. The third kappa shape index (κ3) is 3.27. The Morgan fingerprint density at radius 1 is 1.40 bits per heavy atom. The standard InChI is InChI=1S/C13H23N3O4/c1-4-13(3)11(19)16(12(20)14-13)9-10(18)15(5-2)7-6-8-17/h17H,4-9H2,1-3H3,(H,14,20). The monoisotopic (exact) mass is 285 g/mol. The van der Waals surface area contributed by atoms with Crippen molar-refractivity contribution in [2.24, 2.45) is 0 Å². The predicted molar refractivity (Wildman–Crippen MR) is 72.9 cm³/mol. The smallest absolute Gasteiger partial charge is 0.325 e. The van der Waals surface area contributed by atoms with E-state index < -0.39 is 11.6 Å². The molecule has 0 aromatic heterocycles. The number of hydrogen-bond acceptors (Lipinski definition) is 4. The topological polar surface area (TPSA) is 89.9 Å². The average molecular weight is 285 g/mol. The summed E-state index contributed by atoms with van der Waals surface area (Å²) in [5.41, 5.74) is -0.917. The van der Waals surface area contributed by atoms with Gasteiger partial charge in [0.25, 0.3) is 5.91 Å². The van der Waals surface area contributed by atoms with Crippen molar-refractivity contribution in [1.82, 2.24) is 15.1 Å². The van der Waals surface area contributed by atoms with Crippen LogP contribution < -0.4 is 5.32 Å². The van der Waals surface area contributed by atoms with E-state index in [1.54, 1.807) is 6.92 Å². The van der Waals surface area contributed by atoms with Crippen LogP contribution in [0.1, 0.15) is 33.6 Å². The van der Waals surface area contributed by atoms with E-state index >= 15 is 0 Å². The molecule has 4 amide bonds. The fourth-order valence-electron chi connectivity index (χ4n) is 2.09. The van der Waals surface area contributed by atoms with Gasteiger partial charge in [-0.15, -0.1) is 0 Å². The maximum atomic E-state index is 12.2.